The van der Waals surface area contributed by atoms with Gasteiger partial charge in [0.1, 0.15) is 17.9 Å². The van der Waals surface area contributed by atoms with Crippen molar-refractivity contribution in [3.8, 4) is 5.75 Å². The van der Waals surface area contributed by atoms with Crippen molar-refractivity contribution < 1.29 is 18.7 Å². The Kier molecular flexibility index (Phi) is 10.3. The van der Waals surface area contributed by atoms with E-state index in [2.05, 4.69) is 54.8 Å². The van der Waals surface area contributed by atoms with Crippen LogP contribution in [0.5, 0.6) is 5.75 Å². The molecule has 0 aliphatic carbocycles. The SMILES string of the molecule is CCCCCNc1nc(N)nc2ccn(Cc3ccc(CN4CCN(CCO[P+](=O)O)CC4)cc3OC)c12. The summed E-state index contributed by atoms with van der Waals surface area (Å²) in [7, 11) is -0.812. The van der Waals surface area contributed by atoms with Gasteiger partial charge >= 0.3 is 8.25 Å². The van der Waals surface area contributed by atoms with Crippen LogP contribution in [0.2, 0.25) is 0 Å². The van der Waals surface area contributed by atoms with E-state index in [1.54, 1.807) is 7.11 Å². The number of hydrogen-bond acceptors (Lipinski definition) is 9. The first-order valence-electron chi connectivity index (χ1n) is 13.2. The molecule has 2 aromatic heterocycles. The number of nitrogens with two attached hydrogens (primary N) is 1. The quantitative estimate of drug-likeness (QED) is 0.205. The molecule has 4 rings (SSSR count). The van der Waals surface area contributed by atoms with Crippen molar-refractivity contribution in [2.45, 2.75) is 39.3 Å². The molecular formula is C26H39N7O4P+. The number of aromatic nitrogens is 3. The highest BCUT2D eigenvalue weighted by Crippen LogP contribution is 2.27. The largest absolute Gasteiger partial charge is 0.694 e. The summed E-state index contributed by atoms with van der Waals surface area (Å²) in [5.74, 6) is 1.89. The zero-order chi connectivity index (χ0) is 26.9. The molecule has 1 unspecified atom stereocenters. The number of anilines is 2. The summed E-state index contributed by atoms with van der Waals surface area (Å²) in [6.07, 6.45) is 5.43. The molecule has 1 aliphatic rings. The lowest BCUT2D eigenvalue weighted by Gasteiger charge is -2.34. The second-order valence-electron chi connectivity index (χ2n) is 9.58. The zero-order valence-corrected chi connectivity index (χ0v) is 23.2. The highest BCUT2D eigenvalue weighted by atomic mass is 31.1. The van der Waals surface area contributed by atoms with Crippen LogP contribution in [0.4, 0.5) is 11.8 Å². The highest BCUT2D eigenvalue weighted by molar-refractivity contribution is 7.32. The van der Waals surface area contributed by atoms with Crippen molar-refractivity contribution in [1.29, 1.82) is 0 Å². The van der Waals surface area contributed by atoms with Crippen molar-refractivity contribution in [3.05, 3.63) is 41.6 Å². The van der Waals surface area contributed by atoms with Crippen molar-refractivity contribution in [1.82, 2.24) is 24.3 Å². The van der Waals surface area contributed by atoms with Crippen LogP contribution in [0.1, 0.15) is 37.3 Å². The molecule has 1 aliphatic heterocycles. The van der Waals surface area contributed by atoms with Crippen molar-refractivity contribution in [2.75, 3.05) is 64.0 Å². The first kappa shape index (κ1) is 28.2. The van der Waals surface area contributed by atoms with Crippen LogP contribution in [-0.4, -0.2) is 82.2 Å². The molecule has 4 N–H and O–H groups in total. The minimum absolute atomic E-state index is 0.270. The topological polar surface area (TPSA) is 131 Å². The average Bonchev–Trinajstić information content (AvgIpc) is 3.30. The number of nitrogens with zero attached hydrogens (tertiary/aromatic N) is 5. The predicted molar refractivity (Wildman–Crippen MR) is 150 cm³/mol. The summed E-state index contributed by atoms with van der Waals surface area (Å²) in [6.45, 7) is 9.12. The van der Waals surface area contributed by atoms with E-state index in [1.807, 2.05) is 12.3 Å². The van der Waals surface area contributed by atoms with Crippen molar-refractivity contribution >= 4 is 31.1 Å². The van der Waals surface area contributed by atoms with E-state index >= 15 is 0 Å². The fourth-order valence-electron chi connectivity index (χ4n) is 4.84. The van der Waals surface area contributed by atoms with Gasteiger partial charge in [-0.2, -0.15) is 4.98 Å². The van der Waals surface area contributed by atoms with Crippen LogP contribution < -0.4 is 15.8 Å². The third-order valence-corrected chi connectivity index (χ3v) is 7.28. The Morgan fingerprint density at radius 2 is 1.89 bits per heavy atom. The van der Waals surface area contributed by atoms with Crippen LogP contribution >= 0.6 is 8.25 Å². The maximum Gasteiger partial charge on any atom is 0.694 e. The summed E-state index contributed by atoms with van der Waals surface area (Å²) in [5.41, 5.74) is 10.0. The van der Waals surface area contributed by atoms with Gasteiger partial charge in [0.05, 0.1) is 19.2 Å². The number of piperazine rings is 1. The molecule has 1 saturated heterocycles. The molecule has 1 atom stereocenters. The molecule has 0 spiro atoms. The summed E-state index contributed by atoms with van der Waals surface area (Å²) < 4.78 is 23.4. The van der Waals surface area contributed by atoms with E-state index in [1.165, 1.54) is 12.0 Å². The molecule has 206 valence electrons. The molecule has 12 heteroatoms. The van der Waals surface area contributed by atoms with Gasteiger partial charge in [-0.25, -0.2) is 4.98 Å². The number of nitrogen functional groups attached to an aromatic ring is 1. The van der Waals surface area contributed by atoms with Gasteiger partial charge in [-0.3, -0.25) is 9.80 Å². The third kappa shape index (κ3) is 7.61. The van der Waals surface area contributed by atoms with E-state index in [0.717, 1.165) is 80.3 Å². The number of benzene rings is 1. The summed E-state index contributed by atoms with van der Waals surface area (Å²) in [4.78, 5) is 22.4. The van der Waals surface area contributed by atoms with Crippen molar-refractivity contribution in [2.24, 2.45) is 0 Å². The van der Waals surface area contributed by atoms with Gasteiger partial charge in [0.15, 0.2) is 5.82 Å². The lowest BCUT2D eigenvalue weighted by Crippen LogP contribution is -2.46. The number of nitrogens with one attached hydrogen (secondary N) is 1. The Labute approximate surface area is 224 Å². The van der Waals surface area contributed by atoms with Gasteiger partial charge < -0.3 is 20.4 Å². The molecule has 0 bridgehead atoms. The average molecular weight is 545 g/mol. The molecule has 3 aromatic rings. The number of rotatable bonds is 14. The Bertz CT molecular complexity index is 1210. The minimum atomic E-state index is -2.52. The Morgan fingerprint density at radius 1 is 1.11 bits per heavy atom. The standard InChI is InChI=1S/C26H38N7O4P/c1-3-4-5-9-28-25-24-22(29-26(27)30-25)8-10-33(24)19-21-7-6-20(17-23(21)36-2)18-32-13-11-31(12-14-32)15-16-37-38(34)35/h6-8,10,17H,3-5,9,11-16,18-19H2,1-2H3,(H3-,27,28,29,30,34,35)/p+1. The van der Waals surface area contributed by atoms with Crippen LogP contribution in [-0.2, 0) is 22.2 Å². The number of unbranched alkanes of at least 4 members (excludes halogenated alkanes) is 2. The number of fused-ring (bicyclic) bond motifs is 1. The van der Waals surface area contributed by atoms with Crippen LogP contribution in [0.15, 0.2) is 30.5 Å². The van der Waals surface area contributed by atoms with Crippen LogP contribution in [0.3, 0.4) is 0 Å². The maximum absolute atomic E-state index is 10.7. The zero-order valence-electron chi connectivity index (χ0n) is 22.3. The minimum Gasteiger partial charge on any atom is -0.496 e. The second kappa shape index (κ2) is 13.8. The lowest BCUT2D eigenvalue weighted by atomic mass is 10.1. The molecule has 3 heterocycles. The van der Waals surface area contributed by atoms with Gasteiger partial charge in [0, 0.05) is 62.1 Å². The van der Waals surface area contributed by atoms with Gasteiger partial charge in [-0.05, 0) is 24.1 Å². The highest BCUT2D eigenvalue weighted by Gasteiger charge is 2.20. The van der Waals surface area contributed by atoms with Gasteiger partial charge in [0.25, 0.3) is 0 Å². The van der Waals surface area contributed by atoms with Crippen LogP contribution in [0.25, 0.3) is 11.0 Å². The monoisotopic (exact) mass is 544 g/mol. The summed E-state index contributed by atoms with van der Waals surface area (Å²) in [6, 6.07) is 8.40. The van der Waals surface area contributed by atoms with E-state index in [-0.39, 0.29) is 12.6 Å². The molecule has 0 saturated carbocycles. The molecular weight excluding hydrogens is 505 g/mol. The smallest absolute Gasteiger partial charge is 0.496 e. The molecule has 38 heavy (non-hydrogen) atoms. The van der Waals surface area contributed by atoms with Crippen LogP contribution in [0, 0.1) is 0 Å². The molecule has 1 aromatic carbocycles. The number of ether oxygens (including phenoxy) is 1. The Hall–Kier alpha value is -2.82. The predicted octanol–water partition coefficient (Wildman–Crippen LogP) is 3.46. The van der Waals surface area contributed by atoms with Gasteiger partial charge in [-0.15, -0.1) is 9.42 Å². The van der Waals surface area contributed by atoms with E-state index in [4.69, 9.17) is 19.9 Å². The molecule has 1 fully saturated rings. The van der Waals surface area contributed by atoms with Crippen molar-refractivity contribution in [3.63, 3.8) is 0 Å². The van der Waals surface area contributed by atoms with E-state index in [9.17, 15) is 4.57 Å². The fraction of sp³-hybridized carbons (Fsp3) is 0.538. The van der Waals surface area contributed by atoms with Gasteiger partial charge in [0.2, 0.25) is 5.95 Å². The third-order valence-electron chi connectivity index (χ3n) is 6.87. The Morgan fingerprint density at radius 3 is 2.63 bits per heavy atom. The maximum atomic E-state index is 10.7. The molecule has 11 nitrogen and oxygen atoms in total. The first-order chi connectivity index (χ1) is 18.5. The summed E-state index contributed by atoms with van der Waals surface area (Å²) >= 11 is 0. The Balaban J connectivity index is 1.41. The summed E-state index contributed by atoms with van der Waals surface area (Å²) in [5, 5.41) is 3.45. The van der Waals surface area contributed by atoms with E-state index in [0.29, 0.717) is 13.1 Å². The second-order valence-corrected chi connectivity index (χ2v) is 10.3. The van der Waals surface area contributed by atoms with Gasteiger partial charge in [-0.1, -0.05) is 31.9 Å². The lowest BCUT2D eigenvalue weighted by molar-refractivity contribution is 0.111. The number of hydrogen-bond donors (Lipinski definition) is 3. The fourth-order valence-corrected chi connectivity index (χ4v) is 5.08. The number of methoxy groups -OCH3 is 1. The normalized spacial score (nSPS) is 15.2. The first-order valence-corrected chi connectivity index (χ1v) is 14.4. The molecule has 0 amide bonds. The van der Waals surface area contributed by atoms with E-state index < -0.39 is 8.25 Å². The molecule has 0 radical (unpaired) electrons.